The third kappa shape index (κ3) is 6.15. The Balaban J connectivity index is 1.08. The van der Waals surface area contributed by atoms with Gasteiger partial charge in [-0.3, -0.25) is 0 Å². The number of nitrogens with zero attached hydrogens (tertiary/aromatic N) is 4. The lowest BCUT2D eigenvalue weighted by molar-refractivity contribution is 0.619. The summed E-state index contributed by atoms with van der Waals surface area (Å²) in [6.07, 6.45) is 0. The molecule has 266 valence electrons. The first-order valence-corrected chi connectivity index (χ1v) is 18.6. The van der Waals surface area contributed by atoms with E-state index in [-0.39, 0.29) is 0 Å². The summed E-state index contributed by atoms with van der Waals surface area (Å²) in [6, 6.07) is 70.7. The summed E-state index contributed by atoms with van der Waals surface area (Å²) in [5, 5.41) is 0. The van der Waals surface area contributed by atoms with Crippen LogP contribution in [0.2, 0.25) is 0 Å². The molecule has 0 radical (unpaired) electrons. The van der Waals surface area contributed by atoms with Crippen LogP contribution in [-0.4, -0.2) is 9.97 Å². The van der Waals surface area contributed by atoms with E-state index in [2.05, 4.69) is 155 Å². The number of fused-ring (bicyclic) bond motifs is 2. The molecule has 0 saturated heterocycles. The second-order valence-electron chi connectivity index (χ2n) is 13.4. The van der Waals surface area contributed by atoms with Crippen LogP contribution < -0.4 is 9.80 Å². The van der Waals surface area contributed by atoms with Gasteiger partial charge in [0.2, 0.25) is 11.8 Å². The van der Waals surface area contributed by atoms with Gasteiger partial charge in [0.05, 0.1) is 11.4 Å². The van der Waals surface area contributed by atoms with E-state index < -0.39 is 0 Å². The monoisotopic (exact) mass is 722 g/mol. The molecule has 2 heterocycles. The maximum atomic E-state index is 6.11. The standard InChI is InChI=1S/C50H34N4O2/c1-3-15-37(16-4-1)53(39-31-27-35(28-32-39)49-51-43-21-9-13-25-47(43)55-49)45-23-11-7-19-41(45)42-20-8-12-24-46(42)54(38-17-5-2-6-18-38)40-33-29-36(30-34-40)50-52-44-22-10-14-26-48(44)56-50/h1-34H. The molecule has 0 bridgehead atoms. The van der Waals surface area contributed by atoms with Crippen LogP contribution >= 0.6 is 0 Å². The number of benzene rings is 8. The first kappa shape index (κ1) is 32.9. The largest absolute Gasteiger partial charge is 0.436 e. The molecule has 0 atom stereocenters. The van der Waals surface area contributed by atoms with Crippen molar-refractivity contribution in [2.24, 2.45) is 0 Å². The fraction of sp³-hybridized carbons (Fsp3) is 0. The van der Waals surface area contributed by atoms with E-state index >= 15 is 0 Å². The van der Waals surface area contributed by atoms with Crippen molar-refractivity contribution in [1.82, 2.24) is 9.97 Å². The lowest BCUT2D eigenvalue weighted by atomic mass is 9.98. The highest BCUT2D eigenvalue weighted by molar-refractivity contribution is 5.96. The Morgan fingerprint density at radius 2 is 0.643 bits per heavy atom. The molecule has 0 amide bonds. The highest BCUT2D eigenvalue weighted by Gasteiger charge is 2.22. The van der Waals surface area contributed by atoms with E-state index in [1.54, 1.807) is 0 Å². The summed E-state index contributed by atoms with van der Waals surface area (Å²) in [7, 11) is 0. The van der Waals surface area contributed by atoms with Crippen LogP contribution in [0.5, 0.6) is 0 Å². The molecule has 0 saturated carbocycles. The molecular formula is C50H34N4O2. The molecule has 6 heteroatoms. The van der Waals surface area contributed by atoms with Crippen molar-refractivity contribution >= 4 is 56.3 Å². The highest BCUT2D eigenvalue weighted by atomic mass is 16.4. The molecule has 6 nitrogen and oxygen atoms in total. The maximum Gasteiger partial charge on any atom is 0.227 e. The van der Waals surface area contributed by atoms with E-state index in [4.69, 9.17) is 18.8 Å². The molecular weight excluding hydrogens is 689 g/mol. The predicted octanol–water partition coefficient (Wildman–Crippen LogP) is 13.9. The van der Waals surface area contributed by atoms with Crippen molar-refractivity contribution in [3.8, 4) is 34.0 Å². The number of para-hydroxylation sites is 8. The second kappa shape index (κ2) is 14.3. The molecule has 56 heavy (non-hydrogen) atoms. The maximum absolute atomic E-state index is 6.11. The van der Waals surface area contributed by atoms with Crippen LogP contribution in [0.25, 0.3) is 56.2 Å². The Bertz CT molecular complexity index is 2650. The van der Waals surface area contributed by atoms with Gasteiger partial charge in [-0.05, 0) is 109 Å². The zero-order valence-corrected chi connectivity index (χ0v) is 30.2. The van der Waals surface area contributed by atoms with E-state index in [0.717, 1.165) is 78.6 Å². The van der Waals surface area contributed by atoms with E-state index in [0.29, 0.717) is 11.8 Å². The summed E-state index contributed by atoms with van der Waals surface area (Å²) in [5.41, 5.74) is 13.4. The molecule has 0 aliphatic rings. The summed E-state index contributed by atoms with van der Waals surface area (Å²) in [4.78, 5) is 14.1. The van der Waals surface area contributed by atoms with Crippen molar-refractivity contribution in [1.29, 1.82) is 0 Å². The van der Waals surface area contributed by atoms with E-state index in [9.17, 15) is 0 Å². The Kier molecular flexibility index (Phi) is 8.39. The average Bonchev–Trinajstić information content (AvgIpc) is 3.91. The molecule has 0 aliphatic carbocycles. The van der Waals surface area contributed by atoms with Crippen molar-refractivity contribution in [3.63, 3.8) is 0 Å². The predicted molar refractivity (Wildman–Crippen MR) is 227 cm³/mol. The minimum absolute atomic E-state index is 0.598. The van der Waals surface area contributed by atoms with Gasteiger partial charge >= 0.3 is 0 Å². The van der Waals surface area contributed by atoms with Gasteiger partial charge in [-0.25, -0.2) is 9.97 Å². The molecule has 0 aliphatic heterocycles. The first-order chi connectivity index (χ1) is 27.8. The molecule has 0 spiro atoms. The Morgan fingerprint density at radius 3 is 1.05 bits per heavy atom. The third-order valence-electron chi connectivity index (χ3n) is 9.94. The van der Waals surface area contributed by atoms with Crippen molar-refractivity contribution < 1.29 is 8.83 Å². The zero-order chi connectivity index (χ0) is 37.3. The van der Waals surface area contributed by atoms with Gasteiger partial charge < -0.3 is 18.6 Å². The Labute approximate surface area is 324 Å². The minimum Gasteiger partial charge on any atom is -0.436 e. The van der Waals surface area contributed by atoms with Crippen LogP contribution in [0.4, 0.5) is 34.1 Å². The minimum atomic E-state index is 0.598. The summed E-state index contributed by atoms with van der Waals surface area (Å²) in [6.45, 7) is 0. The van der Waals surface area contributed by atoms with Crippen LogP contribution in [0.3, 0.4) is 0 Å². The van der Waals surface area contributed by atoms with Crippen molar-refractivity contribution in [2.45, 2.75) is 0 Å². The van der Waals surface area contributed by atoms with Crippen LogP contribution in [0, 0.1) is 0 Å². The normalized spacial score (nSPS) is 11.2. The average molecular weight is 723 g/mol. The zero-order valence-electron chi connectivity index (χ0n) is 30.2. The third-order valence-corrected chi connectivity index (χ3v) is 9.94. The van der Waals surface area contributed by atoms with Crippen LogP contribution in [0.15, 0.2) is 215 Å². The summed E-state index contributed by atoms with van der Waals surface area (Å²) >= 11 is 0. The SMILES string of the molecule is c1ccc(N(c2ccc(-c3nc4ccccc4o3)cc2)c2ccccc2-c2ccccc2N(c2ccccc2)c2ccc(-c3nc4ccccc4o3)cc2)cc1. The van der Waals surface area contributed by atoms with Gasteiger partial charge in [-0.1, -0.05) is 97.1 Å². The molecule has 0 unspecified atom stereocenters. The van der Waals surface area contributed by atoms with Gasteiger partial charge in [0.25, 0.3) is 0 Å². The van der Waals surface area contributed by atoms with Gasteiger partial charge in [-0.15, -0.1) is 0 Å². The van der Waals surface area contributed by atoms with Crippen molar-refractivity contribution in [2.75, 3.05) is 9.80 Å². The van der Waals surface area contributed by atoms with Crippen molar-refractivity contribution in [3.05, 3.63) is 206 Å². The number of anilines is 6. The highest BCUT2D eigenvalue weighted by Crippen LogP contribution is 2.46. The first-order valence-electron chi connectivity index (χ1n) is 18.6. The number of hydrogen-bond acceptors (Lipinski definition) is 6. The van der Waals surface area contributed by atoms with Crippen LogP contribution in [-0.2, 0) is 0 Å². The van der Waals surface area contributed by atoms with Crippen LogP contribution in [0.1, 0.15) is 0 Å². The van der Waals surface area contributed by atoms with Gasteiger partial charge in [0.1, 0.15) is 11.0 Å². The summed E-state index contributed by atoms with van der Waals surface area (Å²) in [5.74, 6) is 1.20. The van der Waals surface area contributed by atoms with Gasteiger partial charge in [-0.2, -0.15) is 0 Å². The Morgan fingerprint density at radius 1 is 0.304 bits per heavy atom. The summed E-state index contributed by atoms with van der Waals surface area (Å²) < 4.78 is 12.2. The topological polar surface area (TPSA) is 58.5 Å². The lowest BCUT2D eigenvalue weighted by Gasteiger charge is -2.31. The molecule has 10 aromatic rings. The molecule has 0 fully saturated rings. The van der Waals surface area contributed by atoms with Gasteiger partial charge in [0.15, 0.2) is 11.2 Å². The quantitative estimate of drug-likeness (QED) is 0.148. The number of hydrogen-bond donors (Lipinski definition) is 0. The van der Waals surface area contributed by atoms with E-state index in [1.807, 2.05) is 60.7 Å². The van der Waals surface area contributed by atoms with E-state index in [1.165, 1.54) is 0 Å². The number of aromatic nitrogens is 2. The molecule has 0 N–H and O–H groups in total. The lowest BCUT2D eigenvalue weighted by Crippen LogP contribution is -2.13. The molecule has 10 rings (SSSR count). The smallest absolute Gasteiger partial charge is 0.227 e. The number of rotatable bonds is 9. The number of oxazole rings is 2. The second-order valence-corrected chi connectivity index (χ2v) is 13.4. The molecule has 8 aromatic carbocycles. The fourth-order valence-electron chi connectivity index (χ4n) is 7.30. The molecule has 2 aromatic heterocycles. The van der Waals surface area contributed by atoms with Gasteiger partial charge in [0, 0.05) is 45.0 Å². The fourth-order valence-corrected chi connectivity index (χ4v) is 7.30. The Hall–Kier alpha value is -7.70.